The number of benzene rings is 1. The summed E-state index contributed by atoms with van der Waals surface area (Å²) in [6, 6.07) is 14.4. The summed E-state index contributed by atoms with van der Waals surface area (Å²) in [5, 5.41) is 0. The Bertz CT molecular complexity index is 1040. The van der Waals surface area contributed by atoms with Crippen LogP contribution in [0.3, 0.4) is 0 Å². The molecule has 0 aliphatic carbocycles. The van der Waals surface area contributed by atoms with Crippen molar-refractivity contribution >= 4 is 5.91 Å². The summed E-state index contributed by atoms with van der Waals surface area (Å²) in [4.78, 5) is 23.5. The number of alkyl halides is 3. The number of rotatable bonds is 5. The summed E-state index contributed by atoms with van der Waals surface area (Å²) in [5.74, 6) is 0.0467. The van der Waals surface area contributed by atoms with Crippen LogP contribution in [0.25, 0.3) is 0 Å². The van der Waals surface area contributed by atoms with Crippen LogP contribution in [0.1, 0.15) is 47.0 Å². The third kappa shape index (κ3) is 5.10. The van der Waals surface area contributed by atoms with Gasteiger partial charge in [-0.2, -0.15) is 13.2 Å². The van der Waals surface area contributed by atoms with Gasteiger partial charge < -0.3 is 4.90 Å². The molecule has 7 heteroatoms. The van der Waals surface area contributed by atoms with E-state index in [-0.39, 0.29) is 11.9 Å². The molecular weight excluding hydrogens is 403 g/mol. The molecule has 0 bridgehead atoms. The standard InChI is InChI=1S/C24H22F3N3O/c25-24(26,27)19-10-8-17(9-11-19)14-20-5-1-6-21(29-20)22-7-3-13-30(22)23(31)15-18-4-2-12-28-16-18/h1-2,4-6,8-12,16,22H,3,7,13-15H2/t22-/m1/s1. The lowest BCUT2D eigenvalue weighted by Gasteiger charge is -2.25. The van der Waals surface area contributed by atoms with E-state index in [4.69, 9.17) is 4.98 Å². The number of pyridine rings is 2. The van der Waals surface area contributed by atoms with Crippen molar-refractivity contribution in [2.75, 3.05) is 6.54 Å². The first-order valence-electron chi connectivity index (χ1n) is 10.2. The Kier molecular flexibility index (Phi) is 6.02. The molecule has 0 N–H and O–H groups in total. The number of hydrogen-bond acceptors (Lipinski definition) is 3. The molecule has 1 saturated heterocycles. The molecule has 2 aromatic heterocycles. The van der Waals surface area contributed by atoms with Gasteiger partial charge >= 0.3 is 6.18 Å². The highest BCUT2D eigenvalue weighted by atomic mass is 19.4. The van der Waals surface area contributed by atoms with Gasteiger partial charge in [-0.3, -0.25) is 14.8 Å². The molecule has 0 unspecified atom stereocenters. The lowest BCUT2D eigenvalue weighted by atomic mass is 10.0. The second-order valence-electron chi connectivity index (χ2n) is 7.71. The first kappa shape index (κ1) is 21.0. The summed E-state index contributed by atoms with van der Waals surface area (Å²) in [7, 11) is 0. The Balaban J connectivity index is 1.47. The van der Waals surface area contributed by atoms with E-state index in [1.807, 2.05) is 35.2 Å². The van der Waals surface area contributed by atoms with Gasteiger partial charge in [-0.1, -0.05) is 24.3 Å². The summed E-state index contributed by atoms with van der Waals surface area (Å²) in [6.07, 6.45) is 1.53. The molecule has 0 spiro atoms. The van der Waals surface area contributed by atoms with Crippen molar-refractivity contribution in [1.82, 2.24) is 14.9 Å². The van der Waals surface area contributed by atoms with Crippen molar-refractivity contribution < 1.29 is 18.0 Å². The lowest BCUT2D eigenvalue weighted by Crippen LogP contribution is -2.32. The van der Waals surface area contributed by atoms with Gasteiger partial charge in [0.25, 0.3) is 0 Å². The van der Waals surface area contributed by atoms with E-state index in [9.17, 15) is 18.0 Å². The van der Waals surface area contributed by atoms with Crippen molar-refractivity contribution in [3.05, 3.63) is 95.1 Å². The summed E-state index contributed by atoms with van der Waals surface area (Å²) >= 11 is 0. The maximum Gasteiger partial charge on any atom is 0.416 e. The average Bonchev–Trinajstić information content (AvgIpc) is 3.25. The Morgan fingerprint density at radius 3 is 2.55 bits per heavy atom. The minimum absolute atomic E-state index is 0.0467. The van der Waals surface area contributed by atoms with E-state index in [0.29, 0.717) is 19.4 Å². The van der Waals surface area contributed by atoms with Gasteiger partial charge in [0, 0.05) is 31.1 Å². The van der Waals surface area contributed by atoms with E-state index < -0.39 is 11.7 Å². The monoisotopic (exact) mass is 425 g/mol. The van der Waals surface area contributed by atoms with Crippen molar-refractivity contribution in [3.8, 4) is 0 Å². The van der Waals surface area contributed by atoms with Crippen LogP contribution in [0.2, 0.25) is 0 Å². The van der Waals surface area contributed by atoms with Crippen LogP contribution in [0.15, 0.2) is 67.0 Å². The van der Waals surface area contributed by atoms with Crippen molar-refractivity contribution in [2.24, 2.45) is 0 Å². The highest BCUT2D eigenvalue weighted by molar-refractivity contribution is 5.79. The number of nitrogens with zero attached hydrogens (tertiary/aromatic N) is 3. The normalized spacial score (nSPS) is 16.5. The fraction of sp³-hybridized carbons (Fsp3) is 0.292. The molecule has 1 amide bonds. The molecule has 160 valence electrons. The second-order valence-corrected chi connectivity index (χ2v) is 7.71. The van der Waals surface area contributed by atoms with Gasteiger partial charge in [-0.25, -0.2) is 0 Å². The second kappa shape index (κ2) is 8.88. The number of carbonyl (C=O) groups excluding carboxylic acids is 1. The van der Waals surface area contributed by atoms with Crippen LogP contribution in [-0.2, 0) is 23.8 Å². The Hall–Kier alpha value is -3.22. The maximum absolute atomic E-state index is 12.9. The number of carbonyl (C=O) groups is 1. The third-order valence-electron chi connectivity index (χ3n) is 5.49. The highest BCUT2D eigenvalue weighted by Crippen LogP contribution is 2.32. The molecule has 1 aliphatic rings. The molecule has 1 fully saturated rings. The fourth-order valence-electron chi connectivity index (χ4n) is 3.95. The Morgan fingerprint density at radius 1 is 1.03 bits per heavy atom. The largest absolute Gasteiger partial charge is 0.416 e. The Morgan fingerprint density at radius 2 is 1.84 bits per heavy atom. The minimum Gasteiger partial charge on any atom is -0.334 e. The van der Waals surface area contributed by atoms with Crippen LogP contribution < -0.4 is 0 Å². The summed E-state index contributed by atoms with van der Waals surface area (Å²) in [6.45, 7) is 0.689. The number of halogens is 3. The zero-order chi connectivity index (χ0) is 21.8. The smallest absolute Gasteiger partial charge is 0.334 e. The molecule has 0 radical (unpaired) electrons. The molecule has 1 atom stereocenters. The van der Waals surface area contributed by atoms with E-state index in [0.717, 1.165) is 47.5 Å². The zero-order valence-electron chi connectivity index (χ0n) is 16.8. The maximum atomic E-state index is 12.9. The van der Waals surface area contributed by atoms with Crippen LogP contribution >= 0.6 is 0 Å². The Labute approximate surface area is 178 Å². The van der Waals surface area contributed by atoms with Gasteiger partial charge in [0.15, 0.2) is 0 Å². The SMILES string of the molecule is O=C(Cc1cccnc1)N1CCC[C@@H]1c1cccc(Cc2ccc(C(F)(F)F)cc2)n1. The first-order chi connectivity index (χ1) is 14.9. The molecule has 4 rings (SSSR count). The minimum atomic E-state index is -4.34. The molecule has 0 saturated carbocycles. The number of hydrogen-bond donors (Lipinski definition) is 0. The summed E-state index contributed by atoms with van der Waals surface area (Å²) < 4.78 is 38.3. The topological polar surface area (TPSA) is 46.1 Å². The lowest BCUT2D eigenvalue weighted by molar-refractivity contribution is -0.137. The van der Waals surface area contributed by atoms with E-state index >= 15 is 0 Å². The predicted molar refractivity (Wildman–Crippen MR) is 110 cm³/mol. The zero-order valence-corrected chi connectivity index (χ0v) is 16.8. The van der Waals surface area contributed by atoms with E-state index in [2.05, 4.69) is 4.98 Å². The molecule has 3 heterocycles. The van der Waals surface area contributed by atoms with Crippen molar-refractivity contribution in [3.63, 3.8) is 0 Å². The van der Waals surface area contributed by atoms with Gasteiger partial charge in [-0.05, 0) is 54.3 Å². The van der Waals surface area contributed by atoms with Crippen LogP contribution in [0, 0.1) is 0 Å². The molecule has 31 heavy (non-hydrogen) atoms. The van der Waals surface area contributed by atoms with Crippen LogP contribution in [0.5, 0.6) is 0 Å². The quantitative estimate of drug-likeness (QED) is 0.578. The van der Waals surface area contributed by atoms with Crippen molar-refractivity contribution in [2.45, 2.75) is 37.9 Å². The van der Waals surface area contributed by atoms with Gasteiger partial charge in [0.05, 0.1) is 23.7 Å². The van der Waals surface area contributed by atoms with Crippen LogP contribution in [0.4, 0.5) is 13.2 Å². The predicted octanol–water partition coefficient (Wildman–Crippen LogP) is 4.99. The van der Waals surface area contributed by atoms with Gasteiger partial charge in [0.2, 0.25) is 5.91 Å². The van der Waals surface area contributed by atoms with Crippen molar-refractivity contribution in [1.29, 1.82) is 0 Å². The average molecular weight is 425 g/mol. The highest BCUT2D eigenvalue weighted by Gasteiger charge is 2.31. The first-order valence-corrected chi connectivity index (χ1v) is 10.2. The van der Waals surface area contributed by atoms with Gasteiger partial charge in [0.1, 0.15) is 0 Å². The number of aromatic nitrogens is 2. The van der Waals surface area contributed by atoms with Crippen LogP contribution in [-0.4, -0.2) is 27.3 Å². The molecule has 1 aromatic carbocycles. The number of likely N-dealkylation sites (tertiary alicyclic amines) is 1. The number of amides is 1. The molecular formula is C24H22F3N3O. The van der Waals surface area contributed by atoms with E-state index in [1.165, 1.54) is 12.1 Å². The van der Waals surface area contributed by atoms with E-state index in [1.54, 1.807) is 12.4 Å². The molecule has 1 aliphatic heterocycles. The third-order valence-corrected chi connectivity index (χ3v) is 5.49. The molecule has 4 nitrogen and oxygen atoms in total. The van der Waals surface area contributed by atoms with Gasteiger partial charge in [-0.15, -0.1) is 0 Å². The fourth-order valence-corrected chi connectivity index (χ4v) is 3.95. The summed E-state index contributed by atoms with van der Waals surface area (Å²) in [5.41, 5.74) is 2.56. The molecule has 3 aromatic rings.